The van der Waals surface area contributed by atoms with Gasteiger partial charge in [0.15, 0.2) is 6.29 Å². The normalized spacial score (nSPS) is 22.1. The Morgan fingerprint density at radius 3 is 2.86 bits per heavy atom. The molecule has 1 unspecified atom stereocenters. The second-order valence-electron chi connectivity index (χ2n) is 9.13. The molecule has 2 aliphatic rings. The van der Waals surface area contributed by atoms with Crippen molar-refractivity contribution in [2.45, 2.75) is 56.0 Å². The first-order valence-corrected chi connectivity index (χ1v) is 14.4. The Morgan fingerprint density at radius 2 is 2.08 bits per heavy atom. The van der Waals surface area contributed by atoms with Gasteiger partial charge < -0.3 is 15.4 Å². The zero-order valence-corrected chi connectivity index (χ0v) is 22.2. The average Bonchev–Trinajstić information content (AvgIpc) is 3.40. The van der Waals surface area contributed by atoms with Crippen molar-refractivity contribution in [3.05, 3.63) is 53.9 Å². The first-order valence-electron chi connectivity index (χ1n) is 12.6. The van der Waals surface area contributed by atoms with Crippen molar-refractivity contribution in [3.8, 4) is 10.4 Å². The van der Waals surface area contributed by atoms with Crippen molar-refractivity contribution in [3.63, 3.8) is 0 Å². The number of amides is 2. The minimum atomic E-state index is -0.350. The predicted octanol–water partition coefficient (Wildman–Crippen LogP) is 5.21. The summed E-state index contributed by atoms with van der Waals surface area (Å²) in [4.78, 5) is 32.9. The van der Waals surface area contributed by atoms with Crippen LogP contribution in [0, 0.1) is 0 Å². The fraction of sp³-hybridized carbons (Fsp3) is 0.481. The molecule has 7 nitrogen and oxygen atoms in total. The first-order chi connectivity index (χ1) is 17.6. The fourth-order valence-corrected chi connectivity index (χ4v) is 7.37. The van der Waals surface area contributed by atoms with Gasteiger partial charge in [-0.25, -0.2) is 10.3 Å². The van der Waals surface area contributed by atoms with Gasteiger partial charge in [-0.15, -0.1) is 29.7 Å². The third kappa shape index (κ3) is 7.43. The number of hydrogen-bond donors (Lipinski definition) is 3. The molecule has 3 heterocycles. The van der Waals surface area contributed by atoms with E-state index in [2.05, 4.69) is 34.8 Å². The summed E-state index contributed by atoms with van der Waals surface area (Å²) in [6.07, 6.45) is 7.87. The van der Waals surface area contributed by atoms with Crippen LogP contribution in [0.15, 0.2) is 49.1 Å². The Labute approximate surface area is 221 Å². The third-order valence-electron chi connectivity index (χ3n) is 6.30. The number of rotatable bonds is 11. The minimum Gasteiger partial charge on any atom is -0.350 e. The molecular formula is C27H35N3O4S2. The van der Waals surface area contributed by atoms with Gasteiger partial charge in [0.05, 0.1) is 11.3 Å². The molecule has 2 fully saturated rings. The van der Waals surface area contributed by atoms with Crippen LogP contribution >= 0.6 is 23.1 Å². The quantitative estimate of drug-likeness (QED) is 0.211. The van der Waals surface area contributed by atoms with Crippen LogP contribution in [0.4, 0.5) is 5.69 Å². The number of thiophene rings is 1. The number of ether oxygens (including phenoxy) is 1. The zero-order chi connectivity index (χ0) is 25.2. The van der Waals surface area contributed by atoms with Crippen molar-refractivity contribution in [2.24, 2.45) is 0 Å². The number of carbonyl (C=O) groups excluding carboxylic acids is 2. The van der Waals surface area contributed by atoms with Crippen LogP contribution in [0.2, 0.25) is 0 Å². The van der Waals surface area contributed by atoms with Crippen LogP contribution in [-0.4, -0.2) is 43.6 Å². The average molecular weight is 530 g/mol. The maximum atomic E-state index is 12.9. The molecule has 0 radical (unpaired) electrons. The van der Waals surface area contributed by atoms with E-state index in [1.54, 1.807) is 17.4 Å². The molecule has 36 heavy (non-hydrogen) atoms. The molecule has 9 heteroatoms. The number of hydrogen-bond acceptors (Lipinski definition) is 7. The Kier molecular flexibility index (Phi) is 10.0. The third-order valence-corrected chi connectivity index (χ3v) is 9.38. The topological polar surface area (TPSA) is 88.7 Å². The molecule has 0 aliphatic carbocycles. The summed E-state index contributed by atoms with van der Waals surface area (Å²) in [5.41, 5.74) is 4.46. The largest absolute Gasteiger partial charge is 0.350 e. The molecule has 4 rings (SSSR count). The molecule has 1 aromatic carbocycles. The van der Waals surface area contributed by atoms with Gasteiger partial charge in [0.1, 0.15) is 0 Å². The van der Waals surface area contributed by atoms with E-state index in [1.807, 2.05) is 36.0 Å². The molecule has 0 saturated carbocycles. The number of carbonyl (C=O) groups is 2. The molecule has 2 aromatic rings. The van der Waals surface area contributed by atoms with Gasteiger partial charge in [-0.2, -0.15) is 0 Å². The summed E-state index contributed by atoms with van der Waals surface area (Å²) in [5, 5.41) is 5.95. The smallest absolute Gasteiger partial charge is 0.245 e. The molecule has 2 amide bonds. The van der Waals surface area contributed by atoms with Crippen molar-refractivity contribution in [1.29, 1.82) is 0 Å². The standard InChI is InChI=1S/C27H35N3O4S2/c1-2-14-28-19-25(32)29-21-9-7-8-20(17-21)22-11-12-23(36-22)27(13-4-6-16-35-27)18-24(31)30-34-26-10-3-5-15-33-26/h2,7-9,11-12,17,26,28H,1,3-6,10,13-16,18-19H2,(H,29,32)(H,30,31)/t26?,27-/m0/s1. The predicted molar refractivity (Wildman–Crippen MR) is 147 cm³/mol. The van der Waals surface area contributed by atoms with Crippen molar-refractivity contribution in [1.82, 2.24) is 10.8 Å². The Morgan fingerprint density at radius 1 is 1.17 bits per heavy atom. The highest BCUT2D eigenvalue weighted by Crippen LogP contribution is 2.51. The highest BCUT2D eigenvalue weighted by molar-refractivity contribution is 8.00. The van der Waals surface area contributed by atoms with E-state index in [-0.39, 0.29) is 29.4 Å². The molecule has 3 N–H and O–H groups in total. The van der Waals surface area contributed by atoms with Crippen LogP contribution in [0.5, 0.6) is 0 Å². The van der Waals surface area contributed by atoms with Gasteiger partial charge >= 0.3 is 0 Å². The SMILES string of the molecule is C=CCNCC(=O)Nc1cccc(-c2ccc([C@@]3(CC(=O)NOC4CCCCO4)CCCCS3)s2)c1. The van der Waals surface area contributed by atoms with Crippen molar-refractivity contribution in [2.75, 3.05) is 30.8 Å². The zero-order valence-electron chi connectivity index (χ0n) is 20.6. The lowest BCUT2D eigenvalue weighted by molar-refractivity contribution is -0.200. The molecule has 194 valence electrons. The van der Waals surface area contributed by atoms with E-state index >= 15 is 0 Å². The Balaban J connectivity index is 1.43. The Hall–Kier alpha value is -2.17. The fourth-order valence-electron chi connectivity index (χ4n) is 4.49. The summed E-state index contributed by atoms with van der Waals surface area (Å²) in [6.45, 7) is 5.14. The molecule has 0 bridgehead atoms. The molecule has 2 atom stereocenters. The summed E-state index contributed by atoms with van der Waals surface area (Å²) in [6, 6.07) is 12.2. The molecule has 2 saturated heterocycles. The number of hydroxylamine groups is 1. The van der Waals surface area contributed by atoms with Crippen LogP contribution in [-0.2, 0) is 23.9 Å². The number of nitrogens with one attached hydrogen (secondary N) is 3. The molecule has 2 aliphatic heterocycles. The van der Waals surface area contributed by atoms with E-state index in [4.69, 9.17) is 9.57 Å². The van der Waals surface area contributed by atoms with Gasteiger partial charge in [0.25, 0.3) is 0 Å². The second kappa shape index (κ2) is 13.4. The van der Waals surface area contributed by atoms with Crippen LogP contribution in [0.1, 0.15) is 49.8 Å². The maximum absolute atomic E-state index is 12.9. The lowest BCUT2D eigenvalue weighted by Gasteiger charge is -2.35. The maximum Gasteiger partial charge on any atom is 0.245 e. The minimum absolute atomic E-state index is 0.0923. The number of thioether (sulfide) groups is 1. The molecule has 0 spiro atoms. The van der Waals surface area contributed by atoms with Gasteiger partial charge in [0.2, 0.25) is 11.8 Å². The number of benzene rings is 1. The highest BCUT2D eigenvalue weighted by atomic mass is 32.2. The molecule has 1 aromatic heterocycles. The van der Waals surface area contributed by atoms with Gasteiger partial charge in [-0.3, -0.25) is 9.59 Å². The summed E-state index contributed by atoms with van der Waals surface area (Å²) >= 11 is 3.60. The second-order valence-corrected chi connectivity index (χ2v) is 11.7. The lowest BCUT2D eigenvalue weighted by atomic mass is 9.94. The van der Waals surface area contributed by atoms with E-state index in [0.29, 0.717) is 19.6 Å². The van der Waals surface area contributed by atoms with E-state index < -0.39 is 0 Å². The lowest BCUT2D eigenvalue weighted by Crippen LogP contribution is -2.37. The van der Waals surface area contributed by atoms with Gasteiger partial charge in [-0.1, -0.05) is 24.6 Å². The van der Waals surface area contributed by atoms with Crippen LogP contribution in [0.25, 0.3) is 10.4 Å². The van der Waals surface area contributed by atoms with Crippen LogP contribution < -0.4 is 16.1 Å². The van der Waals surface area contributed by atoms with Gasteiger partial charge in [-0.05, 0) is 61.3 Å². The molecular weight excluding hydrogens is 494 g/mol. The van der Waals surface area contributed by atoms with Crippen LogP contribution in [0.3, 0.4) is 0 Å². The van der Waals surface area contributed by atoms with E-state index in [1.165, 1.54) is 11.3 Å². The van der Waals surface area contributed by atoms with Crippen molar-refractivity contribution < 1.29 is 19.2 Å². The Bertz CT molecular complexity index is 1030. The summed E-state index contributed by atoms with van der Waals surface area (Å²) in [5.74, 6) is 0.836. The van der Waals surface area contributed by atoms with E-state index in [0.717, 1.165) is 54.0 Å². The summed E-state index contributed by atoms with van der Waals surface area (Å²) in [7, 11) is 0. The first kappa shape index (κ1) is 26.9. The van der Waals surface area contributed by atoms with Crippen molar-refractivity contribution >= 4 is 40.6 Å². The monoisotopic (exact) mass is 529 g/mol. The van der Waals surface area contributed by atoms with Gasteiger partial charge in [0, 0.05) is 41.4 Å². The highest BCUT2D eigenvalue weighted by Gasteiger charge is 2.38. The van der Waals surface area contributed by atoms with E-state index in [9.17, 15) is 9.59 Å². The number of anilines is 1. The summed E-state index contributed by atoms with van der Waals surface area (Å²) < 4.78 is 5.31.